The second kappa shape index (κ2) is 18.2. The van der Waals surface area contributed by atoms with Crippen LogP contribution in [0.25, 0.3) is 0 Å². The van der Waals surface area contributed by atoms with Crippen LogP contribution in [0.1, 0.15) is 20.8 Å². The lowest BCUT2D eigenvalue weighted by Crippen LogP contribution is -2.16. The van der Waals surface area contributed by atoms with Crippen molar-refractivity contribution in [3.63, 3.8) is 0 Å². The third-order valence-electron chi connectivity index (χ3n) is 4.64. The van der Waals surface area contributed by atoms with Gasteiger partial charge in [-0.05, 0) is 37.6 Å². The van der Waals surface area contributed by atoms with Crippen LogP contribution in [-0.4, -0.2) is 90.0 Å². The molecule has 0 bridgehead atoms. The highest BCUT2D eigenvalue weighted by Gasteiger charge is 2.11. The van der Waals surface area contributed by atoms with Crippen molar-refractivity contribution in [3.8, 4) is 0 Å². The number of carbonyl (C=O) groups is 1. The van der Waals surface area contributed by atoms with Crippen molar-refractivity contribution < 1.29 is 28.5 Å². The summed E-state index contributed by atoms with van der Waals surface area (Å²) >= 11 is 1.45. The van der Waals surface area contributed by atoms with E-state index in [0.717, 1.165) is 16.1 Å². The Kier molecular flexibility index (Phi) is 15.1. The maximum Gasteiger partial charge on any atom is 0.257 e. The maximum atomic E-state index is 12.5. The molecule has 1 aromatic carbocycles. The first-order valence-corrected chi connectivity index (χ1v) is 12.6. The van der Waals surface area contributed by atoms with E-state index < -0.39 is 0 Å². The van der Waals surface area contributed by atoms with Crippen LogP contribution in [0, 0.1) is 13.8 Å². The van der Waals surface area contributed by atoms with Crippen molar-refractivity contribution in [2.75, 3.05) is 89.8 Å². The Morgan fingerprint density at radius 3 is 1.97 bits per heavy atom. The van der Waals surface area contributed by atoms with Gasteiger partial charge in [0.05, 0.1) is 66.1 Å². The molecule has 1 heterocycles. The van der Waals surface area contributed by atoms with Gasteiger partial charge >= 0.3 is 0 Å². The molecule has 0 saturated heterocycles. The Labute approximate surface area is 211 Å². The number of benzene rings is 1. The molecule has 2 rings (SSSR count). The van der Waals surface area contributed by atoms with Gasteiger partial charge in [0.25, 0.3) is 5.91 Å². The zero-order chi connectivity index (χ0) is 25.1. The third-order valence-corrected chi connectivity index (χ3v) is 5.47. The van der Waals surface area contributed by atoms with Crippen LogP contribution in [0.4, 0.5) is 10.8 Å². The number of nitrogens with two attached hydrogens (primary N) is 1. The largest absolute Gasteiger partial charge is 0.383 e. The summed E-state index contributed by atoms with van der Waals surface area (Å²) in [5.74, 6) is -0.158. The topological polar surface area (TPSA) is 126 Å². The molecule has 4 N–H and O–H groups in total. The summed E-state index contributed by atoms with van der Waals surface area (Å²) in [6.45, 7) is 10.4. The number of ether oxygens (including phenoxy) is 5. The molecule has 11 heteroatoms. The lowest BCUT2D eigenvalue weighted by molar-refractivity contribution is -0.00985. The van der Waals surface area contributed by atoms with Crippen LogP contribution in [0.2, 0.25) is 0 Å². The van der Waals surface area contributed by atoms with Crippen LogP contribution in [0.15, 0.2) is 24.4 Å². The van der Waals surface area contributed by atoms with Gasteiger partial charge in [0.2, 0.25) is 0 Å². The lowest BCUT2D eigenvalue weighted by Gasteiger charge is -2.11. The molecule has 0 spiro atoms. The fourth-order valence-corrected chi connectivity index (χ4v) is 3.60. The zero-order valence-corrected chi connectivity index (χ0v) is 21.5. The number of thiazole rings is 1. The summed E-state index contributed by atoms with van der Waals surface area (Å²) in [4.78, 5) is 17.7. The number of amides is 1. The smallest absolute Gasteiger partial charge is 0.257 e. The molecule has 1 aromatic heterocycles. The Bertz CT molecular complexity index is 851. The molecule has 0 fully saturated rings. The van der Waals surface area contributed by atoms with Crippen molar-refractivity contribution in [1.29, 1.82) is 0 Å². The van der Waals surface area contributed by atoms with E-state index in [4.69, 9.17) is 29.4 Å². The summed E-state index contributed by atoms with van der Waals surface area (Å²) in [5.41, 5.74) is 7.78. The highest BCUT2D eigenvalue weighted by atomic mass is 32.1. The molecule has 0 atom stereocenters. The molecule has 0 radical (unpaired) electrons. The Balaban J connectivity index is 1.44. The summed E-state index contributed by atoms with van der Waals surface area (Å²) < 4.78 is 27.1. The van der Waals surface area contributed by atoms with E-state index in [2.05, 4.69) is 15.6 Å². The summed E-state index contributed by atoms with van der Waals surface area (Å²) in [6.07, 6.45) is 1.74. The Morgan fingerprint density at radius 2 is 1.46 bits per heavy atom. The van der Waals surface area contributed by atoms with Crippen LogP contribution >= 0.6 is 11.3 Å². The molecule has 10 nitrogen and oxygen atoms in total. The lowest BCUT2D eigenvalue weighted by atomic mass is 10.1. The SMILES string of the molecule is Cc1cnc(NC(=O)c2ccc(NCCOCCOCCOCCOCCOCCN)cc2C)s1. The number of aromatic nitrogens is 1. The van der Waals surface area contributed by atoms with Crippen molar-refractivity contribution in [3.05, 3.63) is 40.4 Å². The molecule has 2 aromatic rings. The van der Waals surface area contributed by atoms with Gasteiger partial charge in [-0.2, -0.15) is 0 Å². The van der Waals surface area contributed by atoms with E-state index in [1.54, 1.807) is 6.20 Å². The highest BCUT2D eigenvalue weighted by Crippen LogP contribution is 2.20. The monoisotopic (exact) mass is 510 g/mol. The number of rotatable bonds is 20. The van der Waals surface area contributed by atoms with E-state index in [1.165, 1.54) is 11.3 Å². The predicted molar refractivity (Wildman–Crippen MR) is 138 cm³/mol. The number of hydrogen-bond acceptors (Lipinski definition) is 10. The Hall–Kier alpha value is -2.12. The van der Waals surface area contributed by atoms with Crippen LogP contribution < -0.4 is 16.4 Å². The molecular formula is C24H38N4O6S. The summed E-state index contributed by atoms with van der Waals surface area (Å²) in [7, 11) is 0. The number of aryl methyl sites for hydroxylation is 2. The molecule has 0 saturated carbocycles. The van der Waals surface area contributed by atoms with E-state index in [1.807, 2.05) is 32.0 Å². The second-order valence-corrected chi connectivity index (χ2v) is 8.77. The first kappa shape index (κ1) is 29.1. The van der Waals surface area contributed by atoms with Gasteiger partial charge in [0, 0.05) is 35.4 Å². The molecular weight excluding hydrogens is 472 g/mol. The molecule has 0 aliphatic rings. The minimum Gasteiger partial charge on any atom is -0.383 e. The van der Waals surface area contributed by atoms with Crippen molar-refractivity contribution in [2.24, 2.45) is 5.73 Å². The molecule has 196 valence electrons. The van der Waals surface area contributed by atoms with Gasteiger partial charge < -0.3 is 34.7 Å². The average Bonchev–Trinajstić information content (AvgIpc) is 3.25. The van der Waals surface area contributed by atoms with Crippen LogP contribution in [-0.2, 0) is 23.7 Å². The standard InChI is InChI=1S/C24H38N4O6S/c1-19-17-21(3-4-22(19)23(29)28-24-27-18-20(2)35-24)26-6-8-31-10-12-33-14-16-34-15-13-32-11-9-30-7-5-25/h3-4,17-18,26H,5-16,25H2,1-2H3,(H,27,28,29). The van der Waals surface area contributed by atoms with Gasteiger partial charge in [0.15, 0.2) is 5.13 Å². The molecule has 0 unspecified atom stereocenters. The third kappa shape index (κ3) is 13.0. The highest BCUT2D eigenvalue weighted by molar-refractivity contribution is 7.15. The van der Waals surface area contributed by atoms with Crippen molar-refractivity contribution >= 4 is 28.1 Å². The first-order chi connectivity index (χ1) is 17.1. The molecule has 0 aliphatic carbocycles. The molecule has 1 amide bonds. The van der Waals surface area contributed by atoms with Gasteiger partial charge in [-0.15, -0.1) is 11.3 Å². The van der Waals surface area contributed by atoms with E-state index in [-0.39, 0.29) is 5.91 Å². The van der Waals surface area contributed by atoms with Crippen LogP contribution in [0.5, 0.6) is 0 Å². The number of hydrogen-bond donors (Lipinski definition) is 3. The Morgan fingerprint density at radius 1 is 0.886 bits per heavy atom. The van der Waals surface area contributed by atoms with Gasteiger partial charge in [-0.25, -0.2) is 4.98 Å². The number of nitrogens with one attached hydrogen (secondary N) is 2. The van der Waals surface area contributed by atoms with E-state index in [0.29, 0.717) is 89.9 Å². The predicted octanol–water partition coefficient (Wildman–Crippen LogP) is 2.47. The minimum absolute atomic E-state index is 0.158. The van der Waals surface area contributed by atoms with Crippen molar-refractivity contribution in [2.45, 2.75) is 13.8 Å². The summed E-state index contributed by atoms with van der Waals surface area (Å²) in [5, 5.41) is 6.74. The molecule has 35 heavy (non-hydrogen) atoms. The fourth-order valence-electron chi connectivity index (χ4n) is 2.94. The van der Waals surface area contributed by atoms with Gasteiger partial charge in [-0.3, -0.25) is 10.1 Å². The maximum absolute atomic E-state index is 12.5. The van der Waals surface area contributed by atoms with Gasteiger partial charge in [0.1, 0.15) is 0 Å². The molecule has 0 aliphatic heterocycles. The average molecular weight is 511 g/mol. The zero-order valence-electron chi connectivity index (χ0n) is 20.7. The van der Waals surface area contributed by atoms with E-state index >= 15 is 0 Å². The minimum atomic E-state index is -0.158. The number of anilines is 2. The van der Waals surface area contributed by atoms with Crippen molar-refractivity contribution in [1.82, 2.24) is 4.98 Å². The van der Waals surface area contributed by atoms with Gasteiger partial charge in [-0.1, -0.05) is 0 Å². The normalized spacial score (nSPS) is 11.1. The van der Waals surface area contributed by atoms with E-state index in [9.17, 15) is 4.79 Å². The quantitative estimate of drug-likeness (QED) is 0.230. The second-order valence-electron chi connectivity index (χ2n) is 7.54. The summed E-state index contributed by atoms with van der Waals surface area (Å²) in [6, 6.07) is 5.65. The number of nitrogens with zero attached hydrogens (tertiary/aromatic N) is 1. The fraction of sp³-hybridized carbons (Fsp3) is 0.583. The first-order valence-electron chi connectivity index (χ1n) is 11.8. The number of carbonyl (C=O) groups excluding carboxylic acids is 1. The van der Waals surface area contributed by atoms with Crippen LogP contribution in [0.3, 0.4) is 0 Å².